The first-order valence-electron chi connectivity index (χ1n) is 5.84. The number of thiocarbonyl (C=S) groups is 1. The van der Waals surface area contributed by atoms with Crippen LogP contribution in [0.3, 0.4) is 0 Å². The van der Waals surface area contributed by atoms with E-state index in [9.17, 15) is 4.79 Å². The van der Waals surface area contributed by atoms with Crippen molar-refractivity contribution in [2.24, 2.45) is 11.1 Å². The molecule has 0 atom stereocenters. The maximum atomic E-state index is 12.2. The first-order valence-corrected chi connectivity index (χ1v) is 7.47. The van der Waals surface area contributed by atoms with Gasteiger partial charge in [-0.3, -0.25) is 4.79 Å². The van der Waals surface area contributed by atoms with Gasteiger partial charge in [0.15, 0.2) is 0 Å². The molecule has 0 spiro atoms. The highest BCUT2D eigenvalue weighted by Crippen LogP contribution is 2.42. The number of rotatable bonds is 4. The highest BCUT2D eigenvalue weighted by Gasteiger charge is 2.46. The Morgan fingerprint density at radius 1 is 1.39 bits per heavy atom. The number of benzene rings is 1. The van der Waals surface area contributed by atoms with Crippen LogP contribution in [0.5, 0.6) is 0 Å². The van der Waals surface area contributed by atoms with Gasteiger partial charge in [-0.25, -0.2) is 0 Å². The Balaban J connectivity index is 2.08. The van der Waals surface area contributed by atoms with Crippen LogP contribution in [0.4, 0.5) is 5.69 Å². The summed E-state index contributed by atoms with van der Waals surface area (Å²) in [5, 5.41) is 2.90. The molecule has 1 amide bonds. The Kier molecular flexibility index (Phi) is 3.92. The molecule has 0 radical (unpaired) electrons. The minimum Gasteiger partial charge on any atom is -0.392 e. The highest BCUT2D eigenvalue weighted by molar-refractivity contribution is 7.98. The van der Waals surface area contributed by atoms with Gasteiger partial charge in [0.05, 0.1) is 10.4 Å². The number of thioether (sulfide) groups is 1. The summed E-state index contributed by atoms with van der Waals surface area (Å²) in [7, 11) is 0. The monoisotopic (exact) mass is 280 g/mol. The van der Waals surface area contributed by atoms with Gasteiger partial charge in [-0.1, -0.05) is 18.6 Å². The van der Waals surface area contributed by atoms with Crippen LogP contribution in [0, 0.1) is 5.41 Å². The third-order valence-corrected chi connectivity index (χ3v) is 4.60. The molecule has 0 saturated heterocycles. The first-order chi connectivity index (χ1) is 8.58. The number of nitrogens with one attached hydrogen (secondary N) is 1. The molecule has 0 aliphatic heterocycles. The molecule has 0 aromatic heterocycles. The molecule has 96 valence electrons. The Morgan fingerprint density at radius 2 is 2.00 bits per heavy atom. The second-order valence-electron chi connectivity index (χ2n) is 4.48. The molecule has 0 heterocycles. The van der Waals surface area contributed by atoms with Gasteiger partial charge in [-0.15, -0.1) is 11.8 Å². The molecule has 3 N–H and O–H groups in total. The first kappa shape index (κ1) is 13.4. The number of nitrogens with two attached hydrogens (primary N) is 1. The summed E-state index contributed by atoms with van der Waals surface area (Å²) >= 11 is 6.70. The van der Waals surface area contributed by atoms with E-state index in [1.54, 1.807) is 11.8 Å². The summed E-state index contributed by atoms with van der Waals surface area (Å²) in [6, 6.07) is 7.76. The Bertz CT molecular complexity index is 466. The molecular formula is C13H16N2OS2. The fraction of sp³-hybridized carbons (Fsp3) is 0.385. The highest BCUT2D eigenvalue weighted by atomic mass is 32.2. The van der Waals surface area contributed by atoms with E-state index < -0.39 is 5.41 Å². The predicted molar refractivity (Wildman–Crippen MR) is 79.9 cm³/mol. The fourth-order valence-corrected chi connectivity index (χ4v) is 2.75. The molecule has 1 saturated carbocycles. The normalized spacial score (nSPS) is 16.7. The lowest BCUT2D eigenvalue weighted by atomic mass is 9.68. The average Bonchev–Trinajstić information content (AvgIpc) is 2.28. The van der Waals surface area contributed by atoms with Crippen molar-refractivity contribution in [3.05, 3.63) is 24.3 Å². The summed E-state index contributed by atoms with van der Waals surface area (Å²) in [6.45, 7) is 0. The third-order valence-electron chi connectivity index (χ3n) is 3.46. The molecule has 2 rings (SSSR count). The van der Waals surface area contributed by atoms with Crippen molar-refractivity contribution in [2.45, 2.75) is 24.2 Å². The van der Waals surface area contributed by atoms with Crippen molar-refractivity contribution in [2.75, 3.05) is 11.6 Å². The molecule has 1 aromatic rings. The largest absolute Gasteiger partial charge is 0.392 e. The van der Waals surface area contributed by atoms with E-state index in [-0.39, 0.29) is 5.91 Å². The van der Waals surface area contributed by atoms with Crippen LogP contribution in [0.25, 0.3) is 0 Å². The lowest BCUT2D eigenvalue weighted by Gasteiger charge is -2.39. The second kappa shape index (κ2) is 5.28. The van der Waals surface area contributed by atoms with Gasteiger partial charge in [-0.05, 0) is 43.4 Å². The molecule has 1 fully saturated rings. The van der Waals surface area contributed by atoms with E-state index in [4.69, 9.17) is 18.0 Å². The average molecular weight is 280 g/mol. The summed E-state index contributed by atoms with van der Waals surface area (Å²) in [6.07, 6.45) is 4.55. The van der Waals surface area contributed by atoms with E-state index in [1.165, 1.54) is 4.90 Å². The van der Waals surface area contributed by atoms with Gasteiger partial charge in [0.25, 0.3) is 0 Å². The van der Waals surface area contributed by atoms with E-state index in [0.29, 0.717) is 4.99 Å². The molecule has 5 heteroatoms. The van der Waals surface area contributed by atoms with Crippen LogP contribution < -0.4 is 11.1 Å². The number of anilines is 1. The zero-order valence-electron chi connectivity index (χ0n) is 10.2. The summed E-state index contributed by atoms with van der Waals surface area (Å²) in [5.74, 6) is -0.0712. The van der Waals surface area contributed by atoms with Gasteiger partial charge in [0.1, 0.15) is 0 Å². The SMILES string of the molecule is CSc1ccc(NC(=O)C2(C(N)=S)CCC2)cc1. The van der Waals surface area contributed by atoms with Crippen molar-refractivity contribution in [3.63, 3.8) is 0 Å². The van der Waals surface area contributed by atoms with Crippen molar-refractivity contribution < 1.29 is 4.79 Å². The van der Waals surface area contributed by atoms with E-state index >= 15 is 0 Å². The third kappa shape index (κ3) is 2.37. The van der Waals surface area contributed by atoms with E-state index in [2.05, 4.69) is 5.32 Å². The molecule has 1 aliphatic carbocycles. The van der Waals surface area contributed by atoms with Crippen LogP contribution in [0.15, 0.2) is 29.2 Å². The maximum absolute atomic E-state index is 12.2. The molecule has 3 nitrogen and oxygen atoms in total. The summed E-state index contributed by atoms with van der Waals surface area (Å²) in [5.41, 5.74) is 5.87. The lowest BCUT2D eigenvalue weighted by Crippen LogP contribution is -2.50. The summed E-state index contributed by atoms with van der Waals surface area (Å²) < 4.78 is 0. The smallest absolute Gasteiger partial charge is 0.237 e. The molecule has 0 unspecified atom stereocenters. The number of hydrogen-bond acceptors (Lipinski definition) is 3. The van der Waals surface area contributed by atoms with Crippen LogP contribution in [0.2, 0.25) is 0 Å². The standard InChI is InChI=1S/C13H16N2OS2/c1-18-10-5-3-9(4-6-10)15-12(16)13(11(14)17)7-2-8-13/h3-6H,2,7-8H2,1H3,(H2,14,17)(H,15,16). The molecular weight excluding hydrogens is 264 g/mol. The zero-order valence-corrected chi connectivity index (χ0v) is 11.9. The van der Waals surface area contributed by atoms with E-state index in [0.717, 1.165) is 24.9 Å². The second-order valence-corrected chi connectivity index (χ2v) is 5.80. The van der Waals surface area contributed by atoms with Crippen LogP contribution in [-0.4, -0.2) is 17.2 Å². The van der Waals surface area contributed by atoms with Crippen molar-refractivity contribution >= 4 is 40.6 Å². The minimum atomic E-state index is -0.618. The maximum Gasteiger partial charge on any atom is 0.237 e. The minimum absolute atomic E-state index is 0.0712. The topological polar surface area (TPSA) is 55.1 Å². The van der Waals surface area contributed by atoms with Crippen LogP contribution in [-0.2, 0) is 4.79 Å². The molecule has 0 bridgehead atoms. The van der Waals surface area contributed by atoms with Crippen molar-refractivity contribution in [1.29, 1.82) is 0 Å². The molecule has 1 aliphatic rings. The Morgan fingerprint density at radius 3 is 2.39 bits per heavy atom. The van der Waals surface area contributed by atoms with Gasteiger partial charge in [-0.2, -0.15) is 0 Å². The number of hydrogen-bond donors (Lipinski definition) is 2. The zero-order chi connectivity index (χ0) is 13.2. The van der Waals surface area contributed by atoms with Crippen LogP contribution in [0.1, 0.15) is 19.3 Å². The van der Waals surface area contributed by atoms with Gasteiger partial charge >= 0.3 is 0 Å². The fourth-order valence-electron chi connectivity index (χ4n) is 2.04. The number of amides is 1. The molecule has 1 aromatic carbocycles. The molecule has 18 heavy (non-hydrogen) atoms. The van der Waals surface area contributed by atoms with Crippen LogP contribution >= 0.6 is 24.0 Å². The Labute approximate surface area is 117 Å². The van der Waals surface area contributed by atoms with Gasteiger partial charge in [0, 0.05) is 10.6 Å². The number of carbonyl (C=O) groups is 1. The number of carbonyl (C=O) groups excluding carboxylic acids is 1. The van der Waals surface area contributed by atoms with E-state index in [1.807, 2.05) is 30.5 Å². The Hall–Kier alpha value is -1.07. The lowest BCUT2D eigenvalue weighted by molar-refractivity contribution is -0.125. The predicted octanol–water partition coefficient (Wildman–Crippen LogP) is 2.80. The van der Waals surface area contributed by atoms with Gasteiger partial charge < -0.3 is 11.1 Å². The summed E-state index contributed by atoms with van der Waals surface area (Å²) in [4.78, 5) is 13.7. The quantitative estimate of drug-likeness (QED) is 0.658. The van der Waals surface area contributed by atoms with Gasteiger partial charge in [0.2, 0.25) is 5.91 Å². The van der Waals surface area contributed by atoms with Crippen molar-refractivity contribution in [3.8, 4) is 0 Å². The van der Waals surface area contributed by atoms with Crippen molar-refractivity contribution in [1.82, 2.24) is 0 Å².